The summed E-state index contributed by atoms with van der Waals surface area (Å²) < 4.78 is 11.2. The number of likely N-dealkylation sites (tertiary alicyclic amines) is 1. The van der Waals surface area contributed by atoms with Crippen LogP contribution in [-0.2, 0) is 6.42 Å². The lowest BCUT2D eigenvalue weighted by Gasteiger charge is -2.41. The lowest BCUT2D eigenvalue weighted by atomic mass is 9.62. The van der Waals surface area contributed by atoms with E-state index in [1.54, 1.807) is 6.07 Å². The Morgan fingerprint density at radius 1 is 1.29 bits per heavy atom. The van der Waals surface area contributed by atoms with Gasteiger partial charge < -0.3 is 13.8 Å². The van der Waals surface area contributed by atoms with Crippen LogP contribution in [0.4, 0.5) is 0 Å². The number of nitrogens with one attached hydrogen (secondary N) is 1. The van der Waals surface area contributed by atoms with E-state index in [9.17, 15) is 4.79 Å². The van der Waals surface area contributed by atoms with Crippen LogP contribution in [0.1, 0.15) is 88.9 Å². The van der Waals surface area contributed by atoms with Gasteiger partial charge in [-0.3, -0.25) is 9.89 Å². The van der Waals surface area contributed by atoms with Gasteiger partial charge in [-0.2, -0.15) is 5.10 Å². The molecule has 1 atom stereocenters. The lowest BCUT2D eigenvalue weighted by molar-refractivity contribution is 0.0693. The van der Waals surface area contributed by atoms with Crippen molar-refractivity contribution in [2.75, 3.05) is 13.1 Å². The Balaban J connectivity index is 1.20. The van der Waals surface area contributed by atoms with E-state index in [0.29, 0.717) is 24.6 Å². The molecule has 1 spiro atoms. The molecular weight excluding hydrogens is 394 g/mol. The predicted molar refractivity (Wildman–Crippen MR) is 111 cm³/mol. The molecule has 3 aromatic rings. The van der Waals surface area contributed by atoms with Crippen LogP contribution in [0.25, 0.3) is 0 Å². The van der Waals surface area contributed by atoms with Crippen LogP contribution < -0.4 is 0 Å². The maximum atomic E-state index is 13.3. The molecule has 1 unspecified atom stereocenters. The summed E-state index contributed by atoms with van der Waals surface area (Å²) in [4.78, 5) is 20.0. The van der Waals surface area contributed by atoms with E-state index in [2.05, 4.69) is 15.4 Å². The van der Waals surface area contributed by atoms with Gasteiger partial charge in [0.15, 0.2) is 11.6 Å². The zero-order valence-electron chi connectivity index (χ0n) is 18.0. The summed E-state index contributed by atoms with van der Waals surface area (Å²) in [6, 6.07) is 3.67. The van der Waals surface area contributed by atoms with Crippen molar-refractivity contribution < 1.29 is 13.7 Å². The molecule has 3 aromatic heterocycles. The Kier molecular flexibility index (Phi) is 4.13. The van der Waals surface area contributed by atoms with Crippen molar-refractivity contribution in [2.24, 2.45) is 5.41 Å². The normalized spacial score (nSPS) is 22.3. The molecule has 1 aliphatic heterocycles. The Morgan fingerprint density at radius 2 is 2.13 bits per heavy atom. The summed E-state index contributed by atoms with van der Waals surface area (Å²) in [6.07, 6.45) is 6.43. The number of carbonyl (C=O) groups is 1. The third-order valence-electron chi connectivity index (χ3n) is 7.48. The predicted octanol–water partition coefficient (Wildman–Crippen LogP) is 3.88. The zero-order chi connectivity index (χ0) is 21.2. The fourth-order valence-electron chi connectivity index (χ4n) is 5.28. The quantitative estimate of drug-likeness (QED) is 0.671. The number of nitrogens with zero attached hydrogens (tertiary/aromatic N) is 4. The van der Waals surface area contributed by atoms with Crippen LogP contribution in [0.3, 0.4) is 0 Å². The van der Waals surface area contributed by atoms with Gasteiger partial charge in [-0.25, -0.2) is 4.98 Å². The first kappa shape index (κ1) is 18.8. The van der Waals surface area contributed by atoms with Crippen LogP contribution >= 0.6 is 0 Å². The number of H-pyrrole nitrogens is 1. The molecule has 4 heterocycles. The number of aromatic amines is 1. The topological polar surface area (TPSA) is 101 Å². The van der Waals surface area contributed by atoms with Crippen LogP contribution in [-0.4, -0.2) is 44.2 Å². The minimum atomic E-state index is -0.0410. The molecule has 31 heavy (non-hydrogen) atoms. The number of amides is 1. The number of hydrogen-bond acceptors (Lipinski definition) is 6. The van der Waals surface area contributed by atoms with Gasteiger partial charge in [-0.1, -0.05) is 11.6 Å². The number of aryl methyl sites for hydroxylation is 2. The van der Waals surface area contributed by atoms with Crippen molar-refractivity contribution in [1.82, 2.24) is 25.2 Å². The minimum Gasteiger partial charge on any atom is -0.456 e. The van der Waals surface area contributed by atoms with Crippen molar-refractivity contribution in [3.8, 4) is 0 Å². The molecule has 162 valence electrons. The van der Waals surface area contributed by atoms with Crippen LogP contribution in [0.15, 0.2) is 21.1 Å². The second-order valence-corrected chi connectivity index (χ2v) is 9.55. The van der Waals surface area contributed by atoms with E-state index >= 15 is 0 Å². The third-order valence-corrected chi connectivity index (χ3v) is 7.48. The first-order chi connectivity index (χ1) is 15.0. The van der Waals surface area contributed by atoms with E-state index in [1.165, 1.54) is 19.3 Å². The molecule has 0 bridgehead atoms. The molecule has 8 heteroatoms. The molecule has 1 amide bonds. The second kappa shape index (κ2) is 6.80. The third kappa shape index (κ3) is 3.11. The summed E-state index contributed by atoms with van der Waals surface area (Å²) in [5, 5.41) is 11.6. The van der Waals surface area contributed by atoms with Crippen molar-refractivity contribution in [3.63, 3.8) is 0 Å². The summed E-state index contributed by atoms with van der Waals surface area (Å²) in [5.41, 5.74) is 2.00. The van der Waals surface area contributed by atoms with Crippen molar-refractivity contribution >= 4 is 5.91 Å². The van der Waals surface area contributed by atoms with Gasteiger partial charge in [-0.15, -0.1) is 0 Å². The van der Waals surface area contributed by atoms with Crippen LogP contribution in [0.5, 0.6) is 0 Å². The summed E-state index contributed by atoms with van der Waals surface area (Å²) in [5.74, 6) is 4.54. The molecule has 2 aliphatic carbocycles. The number of hydrogen-bond donors (Lipinski definition) is 1. The van der Waals surface area contributed by atoms with Gasteiger partial charge in [0, 0.05) is 36.9 Å². The minimum absolute atomic E-state index is 0.0410. The molecule has 2 saturated carbocycles. The molecule has 1 N–H and O–H groups in total. The molecule has 0 radical (unpaired) electrons. The average Bonchev–Trinajstić information content (AvgIpc) is 3.12. The van der Waals surface area contributed by atoms with Crippen LogP contribution in [0, 0.1) is 19.3 Å². The number of aromatic nitrogens is 4. The molecule has 6 rings (SSSR count). The molecule has 8 nitrogen and oxygen atoms in total. The SMILES string of the molecule is Cc1noc(C)c1Cc1ccc(C(=O)N2CC(c3nc(C4CC4)n[nH]3)C3(CCC3)C2)o1. The maximum Gasteiger partial charge on any atom is 0.289 e. The van der Waals surface area contributed by atoms with Crippen LogP contribution in [0.2, 0.25) is 0 Å². The van der Waals surface area contributed by atoms with Gasteiger partial charge in [0.1, 0.15) is 17.3 Å². The van der Waals surface area contributed by atoms with E-state index in [0.717, 1.165) is 53.8 Å². The summed E-state index contributed by atoms with van der Waals surface area (Å²) in [6.45, 7) is 5.24. The zero-order valence-corrected chi connectivity index (χ0v) is 18.0. The number of rotatable bonds is 5. The number of furan rings is 1. The Bertz CT molecular complexity index is 1110. The largest absolute Gasteiger partial charge is 0.456 e. The van der Waals surface area contributed by atoms with E-state index in [-0.39, 0.29) is 17.2 Å². The second-order valence-electron chi connectivity index (χ2n) is 9.55. The molecule has 0 aromatic carbocycles. The number of carbonyl (C=O) groups excluding carboxylic acids is 1. The molecule has 3 aliphatic rings. The van der Waals surface area contributed by atoms with Gasteiger partial charge in [-0.05, 0) is 57.1 Å². The fourth-order valence-corrected chi connectivity index (χ4v) is 5.28. The lowest BCUT2D eigenvalue weighted by Crippen LogP contribution is -2.38. The van der Waals surface area contributed by atoms with Crippen molar-refractivity contribution in [2.45, 2.75) is 64.2 Å². The average molecular weight is 422 g/mol. The van der Waals surface area contributed by atoms with Gasteiger partial charge in [0.25, 0.3) is 5.91 Å². The summed E-state index contributed by atoms with van der Waals surface area (Å²) in [7, 11) is 0. The monoisotopic (exact) mass is 421 g/mol. The Hall–Kier alpha value is -2.90. The highest BCUT2D eigenvalue weighted by Gasteiger charge is 2.53. The standard InChI is InChI=1S/C23H27N5O3/c1-13-17(14(2)31-27-13)10-16-6-7-19(30-16)22(29)28-11-18(23(12-28)8-3-9-23)21-24-20(25-26-21)15-4-5-15/h6-7,15,18H,3-5,8-12H2,1-2H3,(H,24,25,26). The maximum absolute atomic E-state index is 13.3. The smallest absolute Gasteiger partial charge is 0.289 e. The van der Waals surface area contributed by atoms with Crippen molar-refractivity contribution in [3.05, 3.63) is 52.3 Å². The molecular formula is C23H27N5O3. The van der Waals surface area contributed by atoms with Gasteiger partial charge >= 0.3 is 0 Å². The highest BCUT2D eigenvalue weighted by molar-refractivity contribution is 5.92. The fraction of sp³-hybridized carbons (Fsp3) is 0.565. The van der Waals surface area contributed by atoms with Crippen molar-refractivity contribution in [1.29, 1.82) is 0 Å². The highest BCUT2D eigenvalue weighted by Crippen LogP contribution is 2.55. The first-order valence-corrected chi connectivity index (χ1v) is 11.2. The van der Waals surface area contributed by atoms with E-state index < -0.39 is 0 Å². The van der Waals surface area contributed by atoms with Gasteiger partial charge in [0.05, 0.1) is 5.69 Å². The first-order valence-electron chi connectivity index (χ1n) is 11.2. The van der Waals surface area contributed by atoms with E-state index in [1.807, 2.05) is 24.8 Å². The summed E-state index contributed by atoms with van der Waals surface area (Å²) >= 11 is 0. The molecule has 1 saturated heterocycles. The van der Waals surface area contributed by atoms with E-state index in [4.69, 9.17) is 13.9 Å². The van der Waals surface area contributed by atoms with Gasteiger partial charge in [0.2, 0.25) is 0 Å². The highest BCUT2D eigenvalue weighted by atomic mass is 16.5. The Morgan fingerprint density at radius 3 is 2.81 bits per heavy atom. The molecule has 3 fully saturated rings. The Labute approximate surface area is 180 Å².